The zero-order valence-corrected chi connectivity index (χ0v) is 20.1. The molecule has 2 heterocycles. The summed E-state index contributed by atoms with van der Waals surface area (Å²) in [7, 11) is 0. The first-order valence-corrected chi connectivity index (χ1v) is 11.9. The van der Waals surface area contributed by atoms with E-state index in [4.69, 9.17) is 21.4 Å². The van der Waals surface area contributed by atoms with Gasteiger partial charge in [-0.2, -0.15) is 0 Å². The molecule has 2 aromatic carbocycles. The predicted molar refractivity (Wildman–Crippen MR) is 136 cm³/mol. The van der Waals surface area contributed by atoms with E-state index in [1.54, 1.807) is 42.5 Å². The number of hydrogen-bond donors (Lipinski definition) is 2. The third-order valence-corrected chi connectivity index (χ3v) is 6.31. The van der Waals surface area contributed by atoms with Crippen LogP contribution in [0.25, 0.3) is 6.08 Å². The number of carbonyl (C=O) groups excluding carboxylic acids is 3. The Morgan fingerprint density at radius 2 is 1.80 bits per heavy atom. The van der Waals surface area contributed by atoms with Crippen LogP contribution in [0.5, 0.6) is 5.75 Å². The molecule has 8 nitrogen and oxygen atoms in total. The van der Waals surface area contributed by atoms with Crippen molar-refractivity contribution in [3.05, 3.63) is 94.8 Å². The lowest BCUT2D eigenvalue weighted by Crippen LogP contribution is -2.43. The average Bonchev–Trinajstić information content (AvgIpc) is 3.48. The van der Waals surface area contributed by atoms with Gasteiger partial charge in [0.15, 0.2) is 0 Å². The summed E-state index contributed by atoms with van der Waals surface area (Å²) in [5.41, 5.74) is 6.12. The van der Waals surface area contributed by atoms with Crippen LogP contribution < -0.4 is 15.6 Å². The van der Waals surface area contributed by atoms with Gasteiger partial charge in [-0.1, -0.05) is 54.3 Å². The summed E-state index contributed by atoms with van der Waals surface area (Å²) in [4.78, 5) is 38.9. The number of carbonyl (C=O) groups is 3. The molecule has 1 aliphatic heterocycles. The van der Waals surface area contributed by atoms with E-state index >= 15 is 0 Å². The van der Waals surface area contributed by atoms with Crippen molar-refractivity contribution in [3.63, 3.8) is 0 Å². The Kier molecular flexibility index (Phi) is 7.96. The number of nitrogens with zero attached hydrogens (tertiary/aromatic N) is 1. The molecule has 35 heavy (non-hydrogen) atoms. The first-order valence-electron chi connectivity index (χ1n) is 10.6. The van der Waals surface area contributed by atoms with Gasteiger partial charge < -0.3 is 9.15 Å². The normalized spacial score (nSPS) is 14.3. The van der Waals surface area contributed by atoms with Gasteiger partial charge >= 0.3 is 0 Å². The van der Waals surface area contributed by atoms with Gasteiger partial charge in [0.2, 0.25) is 5.91 Å². The van der Waals surface area contributed by atoms with Crippen LogP contribution in [-0.2, 0) is 16.2 Å². The van der Waals surface area contributed by atoms with E-state index in [0.29, 0.717) is 32.9 Å². The SMILES string of the molecule is O=C(CCN1C(=O)/C(=C\c2ccco2)SC1=S)NNC(=O)c1ccc(OCc2ccccc2)cc1. The van der Waals surface area contributed by atoms with E-state index in [1.165, 1.54) is 11.2 Å². The number of amides is 3. The predicted octanol–water partition coefficient (Wildman–Crippen LogP) is 3.91. The number of hydrazine groups is 1. The molecule has 1 fully saturated rings. The highest BCUT2D eigenvalue weighted by atomic mass is 32.2. The van der Waals surface area contributed by atoms with Crippen molar-refractivity contribution in [2.45, 2.75) is 13.0 Å². The number of rotatable bonds is 8. The first kappa shape index (κ1) is 24.2. The topological polar surface area (TPSA) is 101 Å². The van der Waals surface area contributed by atoms with Crippen LogP contribution in [-0.4, -0.2) is 33.5 Å². The van der Waals surface area contributed by atoms with E-state index in [9.17, 15) is 14.4 Å². The summed E-state index contributed by atoms with van der Waals surface area (Å²) in [6.45, 7) is 0.513. The summed E-state index contributed by atoms with van der Waals surface area (Å²) in [5, 5.41) is 0. The summed E-state index contributed by atoms with van der Waals surface area (Å²) < 4.78 is 11.3. The lowest BCUT2D eigenvalue weighted by atomic mass is 10.2. The molecule has 0 bridgehead atoms. The maximum Gasteiger partial charge on any atom is 0.269 e. The van der Waals surface area contributed by atoms with Crippen molar-refractivity contribution >= 4 is 52.1 Å². The first-order chi connectivity index (χ1) is 17.0. The Hall–Kier alpha value is -3.89. The second kappa shape index (κ2) is 11.5. The second-order valence-corrected chi connectivity index (χ2v) is 9.08. The van der Waals surface area contributed by atoms with Gasteiger partial charge in [-0.25, -0.2) is 0 Å². The Balaban J connectivity index is 1.21. The summed E-state index contributed by atoms with van der Waals surface area (Å²) in [5.74, 6) is -0.0474. The van der Waals surface area contributed by atoms with Crippen molar-refractivity contribution < 1.29 is 23.5 Å². The minimum absolute atomic E-state index is 0.0347. The quantitative estimate of drug-likeness (QED) is 0.271. The fourth-order valence-corrected chi connectivity index (χ4v) is 4.40. The average molecular weight is 508 g/mol. The maximum absolute atomic E-state index is 12.6. The molecule has 1 aliphatic rings. The Morgan fingerprint density at radius 3 is 2.51 bits per heavy atom. The summed E-state index contributed by atoms with van der Waals surface area (Å²) >= 11 is 6.40. The Morgan fingerprint density at radius 1 is 1.03 bits per heavy atom. The van der Waals surface area contributed by atoms with Gasteiger partial charge in [0.05, 0.1) is 11.2 Å². The molecule has 3 aromatic rings. The smallest absolute Gasteiger partial charge is 0.269 e. The second-order valence-electron chi connectivity index (χ2n) is 7.40. The van der Waals surface area contributed by atoms with Crippen molar-refractivity contribution in [1.29, 1.82) is 0 Å². The van der Waals surface area contributed by atoms with Gasteiger partial charge in [-0.05, 0) is 42.0 Å². The third kappa shape index (κ3) is 6.58. The molecule has 2 N–H and O–H groups in total. The zero-order chi connectivity index (χ0) is 24.6. The molecule has 0 spiro atoms. The Labute approximate surface area is 211 Å². The van der Waals surface area contributed by atoms with E-state index in [-0.39, 0.29) is 18.9 Å². The lowest BCUT2D eigenvalue weighted by molar-refractivity contribution is -0.124. The van der Waals surface area contributed by atoms with Gasteiger partial charge in [0, 0.05) is 24.6 Å². The van der Waals surface area contributed by atoms with Crippen LogP contribution in [0.2, 0.25) is 0 Å². The molecular formula is C25H21N3O5S2. The molecule has 0 saturated carbocycles. The number of benzene rings is 2. The monoisotopic (exact) mass is 507 g/mol. The van der Waals surface area contributed by atoms with Crippen LogP contribution in [0.3, 0.4) is 0 Å². The largest absolute Gasteiger partial charge is 0.489 e. The third-order valence-electron chi connectivity index (χ3n) is 4.93. The van der Waals surface area contributed by atoms with Gasteiger partial charge in [0.1, 0.15) is 22.4 Å². The minimum Gasteiger partial charge on any atom is -0.489 e. The van der Waals surface area contributed by atoms with Crippen LogP contribution >= 0.6 is 24.0 Å². The highest BCUT2D eigenvalue weighted by Crippen LogP contribution is 2.32. The van der Waals surface area contributed by atoms with Crippen molar-refractivity contribution in [3.8, 4) is 5.75 Å². The van der Waals surface area contributed by atoms with Crippen LogP contribution in [0.1, 0.15) is 28.1 Å². The summed E-state index contributed by atoms with van der Waals surface area (Å²) in [6, 6.07) is 19.8. The number of furan rings is 1. The number of thioether (sulfide) groups is 1. The van der Waals surface area contributed by atoms with Gasteiger partial charge in [-0.3, -0.25) is 30.1 Å². The molecule has 1 saturated heterocycles. The molecule has 4 rings (SSSR count). The molecule has 0 aliphatic carbocycles. The van der Waals surface area contributed by atoms with E-state index in [2.05, 4.69) is 10.9 Å². The molecule has 0 unspecified atom stereocenters. The van der Waals surface area contributed by atoms with Crippen LogP contribution in [0, 0.1) is 0 Å². The molecule has 3 amide bonds. The maximum atomic E-state index is 12.6. The van der Waals surface area contributed by atoms with Crippen molar-refractivity contribution in [2.24, 2.45) is 0 Å². The number of thiocarbonyl (C=S) groups is 1. The van der Waals surface area contributed by atoms with Gasteiger partial charge in [-0.15, -0.1) is 0 Å². The van der Waals surface area contributed by atoms with E-state index in [0.717, 1.165) is 17.3 Å². The van der Waals surface area contributed by atoms with Crippen LogP contribution in [0.15, 0.2) is 82.3 Å². The fourth-order valence-electron chi connectivity index (χ4n) is 3.11. The molecule has 0 atom stereocenters. The summed E-state index contributed by atoms with van der Waals surface area (Å²) in [6.07, 6.45) is 3.09. The molecule has 10 heteroatoms. The minimum atomic E-state index is -0.472. The van der Waals surface area contributed by atoms with Crippen LogP contribution in [0.4, 0.5) is 0 Å². The standard InChI is InChI=1S/C25H21N3O5S2/c29-22(12-13-28-24(31)21(35-25(28)34)15-20-7-4-14-32-20)26-27-23(30)18-8-10-19(11-9-18)33-16-17-5-2-1-3-6-17/h1-11,14-15H,12-13,16H2,(H,26,29)(H,27,30)/b21-15+. The molecule has 1 aromatic heterocycles. The molecular weight excluding hydrogens is 486 g/mol. The fraction of sp³-hybridized carbons (Fsp3) is 0.120. The molecule has 178 valence electrons. The highest BCUT2D eigenvalue weighted by Gasteiger charge is 2.32. The number of ether oxygens (including phenoxy) is 1. The van der Waals surface area contributed by atoms with Crippen molar-refractivity contribution in [1.82, 2.24) is 15.8 Å². The van der Waals surface area contributed by atoms with Crippen molar-refractivity contribution in [2.75, 3.05) is 6.54 Å². The van der Waals surface area contributed by atoms with E-state index < -0.39 is 11.8 Å². The van der Waals surface area contributed by atoms with Gasteiger partial charge in [0.25, 0.3) is 11.8 Å². The zero-order valence-electron chi connectivity index (χ0n) is 18.4. The number of hydrogen-bond acceptors (Lipinski definition) is 7. The van der Waals surface area contributed by atoms with E-state index in [1.807, 2.05) is 30.3 Å². The molecule has 0 radical (unpaired) electrons. The highest BCUT2D eigenvalue weighted by molar-refractivity contribution is 8.26. The lowest BCUT2D eigenvalue weighted by Gasteiger charge is -2.14. The number of nitrogens with one attached hydrogen (secondary N) is 2. The Bertz CT molecular complexity index is 1240.